The van der Waals surface area contributed by atoms with Crippen molar-refractivity contribution in [3.05, 3.63) is 131 Å². The maximum absolute atomic E-state index is 13.8. The second kappa shape index (κ2) is 10.8. The van der Waals surface area contributed by atoms with E-state index in [1.165, 1.54) is 0 Å². The molecule has 176 valence electrons. The first-order valence-electron chi connectivity index (χ1n) is 11.6. The lowest BCUT2D eigenvalue weighted by Crippen LogP contribution is -2.28. The van der Waals surface area contributed by atoms with E-state index in [0.717, 1.165) is 11.1 Å². The summed E-state index contributed by atoms with van der Waals surface area (Å²) >= 11 is 0. The summed E-state index contributed by atoms with van der Waals surface area (Å²) in [5, 5.41) is 9.08. The fraction of sp³-hybridized carbons (Fsp3) is 0.167. The van der Waals surface area contributed by atoms with Crippen LogP contribution in [-0.2, 0) is 4.79 Å². The summed E-state index contributed by atoms with van der Waals surface area (Å²) in [7, 11) is 0. The molecule has 1 aliphatic heterocycles. The van der Waals surface area contributed by atoms with Crippen molar-refractivity contribution in [3.8, 4) is 0 Å². The van der Waals surface area contributed by atoms with Crippen molar-refractivity contribution in [2.24, 2.45) is 0 Å². The van der Waals surface area contributed by atoms with Gasteiger partial charge in [-0.2, -0.15) is 0 Å². The normalized spacial score (nSPS) is 13.7. The van der Waals surface area contributed by atoms with Crippen LogP contribution in [0.4, 0.5) is 0 Å². The summed E-state index contributed by atoms with van der Waals surface area (Å²) in [6.07, 6.45) is 3.93. The molecule has 1 aliphatic rings. The minimum atomic E-state index is -0.881. The van der Waals surface area contributed by atoms with Gasteiger partial charge in [0.2, 0.25) is 0 Å². The van der Waals surface area contributed by atoms with E-state index < -0.39 is 11.9 Å². The summed E-state index contributed by atoms with van der Waals surface area (Å²) < 4.78 is 0. The van der Waals surface area contributed by atoms with E-state index in [4.69, 9.17) is 5.11 Å². The zero-order valence-corrected chi connectivity index (χ0v) is 19.6. The highest BCUT2D eigenvalue weighted by Gasteiger charge is 2.34. The molecular weight excluding hydrogens is 438 g/mol. The SMILES string of the molecule is Cc1cccc(C2C(C(=O)c3ccccc3)=CN(CCCC(=O)O)C=C2C(=O)c2ccccc2)c1. The van der Waals surface area contributed by atoms with Crippen LogP contribution in [0.15, 0.2) is 108 Å². The fourth-order valence-electron chi connectivity index (χ4n) is 4.35. The quantitative estimate of drug-likeness (QED) is 0.405. The van der Waals surface area contributed by atoms with Crippen molar-refractivity contribution in [3.63, 3.8) is 0 Å². The van der Waals surface area contributed by atoms with Crippen LogP contribution in [0, 0.1) is 6.92 Å². The summed E-state index contributed by atoms with van der Waals surface area (Å²) in [6.45, 7) is 2.36. The molecule has 0 saturated heterocycles. The average Bonchev–Trinajstić information content (AvgIpc) is 2.88. The van der Waals surface area contributed by atoms with Gasteiger partial charge in [-0.1, -0.05) is 90.5 Å². The number of carbonyl (C=O) groups is 3. The van der Waals surface area contributed by atoms with Crippen molar-refractivity contribution in [2.45, 2.75) is 25.7 Å². The molecule has 0 spiro atoms. The monoisotopic (exact) mass is 465 g/mol. The van der Waals surface area contributed by atoms with Crippen molar-refractivity contribution < 1.29 is 19.5 Å². The molecule has 0 saturated carbocycles. The van der Waals surface area contributed by atoms with Crippen LogP contribution in [0.25, 0.3) is 0 Å². The number of nitrogens with zero attached hydrogens (tertiary/aromatic N) is 1. The number of allylic oxidation sites excluding steroid dienone is 2. The Morgan fingerprint density at radius 1 is 0.771 bits per heavy atom. The zero-order chi connectivity index (χ0) is 24.8. The Morgan fingerprint density at radius 2 is 1.31 bits per heavy atom. The number of ketones is 2. The number of benzene rings is 3. The Kier molecular flexibility index (Phi) is 7.36. The van der Waals surface area contributed by atoms with Gasteiger partial charge in [-0.05, 0) is 18.9 Å². The Labute approximate surface area is 205 Å². The van der Waals surface area contributed by atoms with Gasteiger partial charge in [-0.3, -0.25) is 14.4 Å². The molecule has 35 heavy (non-hydrogen) atoms. The molecule has 0 aliphatic carbocycles. The van der Waals surface area contributed by atoms with Crippen molar-refractivity contribution in [1.82, 2.24) is 4.90 Å². The average molecular weight is 466 g/mol. The Balaban J connectivity index is 1.84. The highest BCUT2D eigenvalue weighted by atomic mass is 16.4. The van der Waals surface area contributed by atoms with E-state index in [9.17, 15) is 14.4 Å². The first-order valence-corrected chi connectivity index (χ1v) is 11.6. The molecule has 1 heterocycles. The molecule has 0 unspecified atom stereocenters. The summed E-state index contributed by atoms with van der Waals surface area (Å²) in [6, 6.07) is 25.9. The molecule has 3 aromatic carbocycles. The number of rotatable bonds is 9. The van der Waals surface area contributed by atoms with Crippen LogP contribution < -0.4 is 0 Å². The molecule has 4 rings (SSSR count). The number of aliphatic carboxylic acids is 1. The molecule has 0 aromatic heterocycles. The van der Waals surface area contributed by atoms with E-state index in [-0.39, 0.29) is 18.0 Å². The number of carbonyl (C=O) groups excluding carboxylic acids is 2. The van der Waals surface area contributed by atoms with Gasteiger partial charge >= 0.3 is 5.97 Å². The van der Waals surface area contributed by atoms with Crippen LogP contribution >= 0.6 is 0 Å². The summed E-state index contributed by atoms with van der Waals surface area (Å²) in [5.74, 6) is -1.75. The number of hydrogen-bond acceptors (Lipinski definition) is 4. The Morgan fingerprint density at radius 3 is 1.80 bits per heavy atom. The topological polar surface area (TPSA) is 74.7 Å². The molecule has 0 bridgehead atoms. The highest BCUT2D eigenvalue weighted by molar-refractivity contribution is 6.15. The number of Topliss-reactive ketones (excluding diaryl/α,β-unsaturated/α-hetero) is 2. The van der Waals surface area contributed by atoms with Gasteiger partial charge in [0.25, 0.3) is 0 Å². The lowest BCUT2D eigenvalue weighted by Gasteiger charge is -2.31. The van der Waals surface area contributed by atoms with Crippen LogP contribution in [0.5, 0.6) is 0 Å². The molecule has 3 aromatic rings. The second-order valence-electron chi connectivity index (χ2n) is 8.64. The van der Waals surface area contributed by atoms with Gasteiger partial charge in [0, 0.05) is 53.6 Å². The molecule has 0 fully saturated rings. The van der Waals surface area contributed by atoms with E-state index >= 15 is 0 Å². The van der Waals surface area contributed by atoms with Crippen molar-refractivity contribution in [2.75, 3.05) is 6.54 Å². The number of carboxylic acid groups (broad SMARTS) is 1. The third kappa shape index (κ3) is 5.64. The minimum absolute atomic E-state index is 0.00339. The molecule has 0 atom stereocenters. The van der Waals surface area contributed by atoms with Gasteiger partial charge in [0.1, 0.15) is 0 Å². The lowest BCUT2D eigenvalue weighted by atomic mass is 9.77. The maximum atomic E-state index is 13.8. The smallest absolute Gasteiger partial charge is 0.303 e. The van der Waals surface area contributed by atoms with E-state index in [1.807, 2.05) is 67.6 Å². The first-order chi connectivity index (χ1) is 16.9. The van der Waals surface area contributed by atoms with Crippen LogP contribution in [0.1, 0.15) is 50.6 Å². The molecular formula is C30H27NO4. The standard InChI is InChI=1S/C30H27NO4/c1-21-10-8-15-24(18-21)28-25(29(34)22-11-4-2-5-12-22)19-31(17-9-16-27(32)33)20-26(28)30(35)23-13-6-3-7-14-23/h2-8,10-15,18-20,28H,9,16-17H2,1H3,(H,32,33). The predicted molar refractivity (Wildman–Crippen MR) is 135 cm³/mol. The number of aryl methyl sites for hydroxylation is 1. The van der Waals surface area contributed by atoms with Gasteiger partial charge in [0.05, 0.1) is 0 Å². The largest absolute Gasteiger partial charge is 0.481 e. The lowest BCUT2D eigenvalue weighted by molar-refractivity contribution is -0.137. The highest BCUT2D eigenvalue weighted by Crippen LogP contribution is 2.39. The van der Waals surface area contributed by atoms with Crippen molar-refractivity contribution in [1.29, 1.82) is 0 Å². The van der Waals surface area contributed by atoms with Crippen LogP contribution in [0.2, 0.25) is 0 Å². The van der Waals surface area contributed by atoms with Gasteiger partial charge in [0.15, 0.2) is 11.6 Å². The number of carboxylic acids is 1. The molecule has 5 nitrogen and oxygen atoms in total. The van der Waals surface area contributed by atoms with Gasteiger partial charge in [-0.25, -0.2) is 0 Å². The zero-order valence-electron chi connectivity index (χ0n) is 19.6. The third-order valence-electron chi connectivity index (χ3n) is 6.01. The predicted octanol–water partition coefficient (Wildman–Crippen LogP) is 5.79. The molecule has 5 heteroatoms. The van der Waals surface area contributed by atoms with Crippen LogP contribution in [0.3, 0.4) is 0 Å². The molecule has 1 N–H and O–H groups in total. The minimum Gasteiger partial charge on any atom is -0.481 e. The maximum Gasteiger partial charge on any atom is 0.303 e. The second-order valence-corrected chi connectivity index (χ2v) is 8.64. The van der Waals surface area contributed by atoms with E-state index in [1.54, 1.807) is 41.6 Å². The Bertz CT molecular complexity index is 1220. The van der Waals surface area contributed by atoms with Gasteiger partial charge < -0.3 is 10.0 Å². The third-order valence-corrected chi connectivity index (χ3v) is 6.01. The summed E-state index contributed by atoms with van der Waals surface area (Å²) in [4.78, 5) is 40.4. The van der Waals surface area contributed by atoms with Gasteiger partial charge in [-0.15, -0.1) is 0 Å². The summed E-state index contributed by atoms with van der Waals surface area (Å²) in [5.41, 5.74) is 3.94. The fourth-order valence-corrected chi connectivity index (χ4v) is 4.35. The van der Waals surface area contributed by atoms with Crippen molar-refractivity contribution >= 4 is 17.5 Å². The molecule has 0 radical (unpaired) electrons. The Hall–Kier alpha value is -4.25. The van der Waals surface area contributed by atoms with E-state index in [2.05, 4.69) is 0 Å². The van der Waals surface area contributed by atoms with E-state index in [0.29, 0.717) is 35.2 Å². The number of hydrogen-bond donors (Lipinski definition) is 1. The van der Waals surface area contributed by atoms with Crippen LogP contribution in [-0.4, -0.2) is 34.1 Å². The first kappa shape index (κ1) is 23.9. The molecule has 0 amide bonds.